The van der Waals surface area contributed by atoms with Crippen molar-refractivity contribution < 1.29 is 0 Å². The van der Waals surface area contributed by atoms with E-state index in [1.165, 1.54) is 10.5 Å². The van der Waals surface area contributed by atoms with Gasteiger partial charge in [0, 0.05) is 18.1 Å². The molecule has 3 rings (SSSR count). The first kappa shape index (κ1) is 10.7. The summed E-state index contributed by atoms with van der Waals surface area (Å²) in [5.41, 5.74) is 18.1. The molecule has 3 aliphatic rings. The first-order valence-electron chi connectivity index (χ1n) is 5.33. The zero-order chi connectivity index (χ0) is 11.3. The van der Waals surface area contributed by atoms with Crippen molar-refractivity contribution in [3.63, 3.8) is 0 Å². The fourth-order valence-electron chi connectivity index (χ4n) is 2.73. The lowest BCUT2D eigenvalue weighted by molar-refractivity contribution is -0.235. The molecule has 10 nitrogen and oxygen atoms in total. The van der Waals surface area contributed by atoms with Crippen LogP contribution in [-0.2, 0) is 0 Å². The number of nitrogens with two attached hydrogens (primary N) is 3. The van der Waals surface area contributed by atoms with Crippen molar-refractivity contribution in [3.8, 4) is 0 Å². The van der Waals surface area contributed by atoms with Crippen LogP contribution in [0.3, 0.4) is 0 Å². The number of hydrogen-bond acceptors (Lipinski definition) is 10. The third-order valence-electron chi connectivity index (χ3n) is 3.28. The topological polar surface area (TPSA) is 136 Å². The van der Waals surface area contributed by atoms with E-state index >= 15 is 0 Å². The molecular formula is C6H18N10. The third kappa shape index (κ3) is 1.70. The summed E-state index contributed by atoms with van der Waals surface area (Å²) in [5, 5.41) is 4.40. The first-order valence-corrected chi connectivity index (χ1v) is 5.33. The number of nitrogens with zero attached hydrogens (tertiary/aromatic N) is 3. The van der Waals surface area contributed by atoms with Crippen LogP contribution < -0.4 is 39.3 Å². The van der Waals surface area contributed by atoms with Gasteiger partial charge in [-0.1, -0.05) is 10.5 Å². The van der Waals surface area contributed by atoms with Gasteiger partial charge in [0.25, 0.3) is 0 Å². The molecule has 0 aromatic carbocycles. The molecule has 2 unspecified atom stereocenters. The van der Waals surface area contributed by atoms with Crippen molar-refractivity contribution >= 4 is 0 Å². The van der Waals surface area contributed by atoms with Crippen molar-refractivity contribution in [2.75, 3.05) is 0 Å². The van der Waals surface area contributed by atoms with Gasteiger partial charge in [-0.3, -0.25) is 0 Å². The molecule has 0 amide bonds. The normalized spacial score (nSPS) is 46.7. The minimum Gasteiger partial charge on any atom is -0.328 e. The molecule has 92 valence electrons. The highest BCUT2D eigenvalue weighted by Gasteiger charge is 2.47. The van der Waals surface area contributed by atoms with Crippen molar-refractivity contribution in [1.29, 1.82) is 0 Å². The van der Waals surface area contributed by atoms with Crippen LogP contribution in [0.1, 0.15) is 12.8 Å². The SMILES string of the molecule is NC1CC2NN(N)NN3NN(N)NC(C1)C23. The maximum Gasteiger partial charge on any atom is 0.0765 e. The summed E-state index contributed by atoms with van der Waals surface area (Å²) in [6, 6.07) is 0.730. The van der Waals surface area contributed by atoms with Gasteiger partial charge in [0.15, 0.2) is 0 Å². The van der Waals surface area contributed by atoms with Crippen LogP contribution in [0.5, 0.6) is 0 Å². The van der Waals surface area contributed by atoms with Gasteiger partial charge in [0.2, 0.25) is 0 Å². The summed E-state index contributed by atoms with van der Waals surface area (Å²) in [7, 11) is 0. The van der Waals surface area contributed by atoms with Gasteiger partial charge in [-0.2, -0.15) is 0 Å². The molecule has 3 fully saturated rings. The molecule has 10 N–H and O–H groups in total. The molecule has 0 bridgehead atoms. The molecule has 2 atom stereocenters. The molecule has 16 heavy (non-hydrogen) atoms. The van der Waals surface area contributed by atoms with Gasteiger partial charge >= 0.3 is 0 Å². The molecule has 2 heterocycles. The summed E-state index contributed by atoms with van der Waals surface area (Å²) in [6.45, 7) is 0. The van der Waals surface area contributed by atoms with Gasteiger partial charge in [-0.15, -0.1) is 16.2 Å². The molecule has 0 spiro atoms. The van der Waals surface area contributed by atoms with Crippen LogP contribution >= 0.6 is 0 Å². The average molecular weight is 230 g/mol. The van der Waals surface area contributed by atoms with Crippen LogP contribution in [0.2, 0.25) is 0 Å². The number of hydrogen-bond donors (Lipinski definition) is 7. The Morgan fingerprint density at radius 3 is 1.94 bits per heavy atom. The van der Waals surface area contributed by atoms with Crippen LogP contribution in [-0.4, -0.2) is 39.7 Å². The summed E-state index contributed by atoms with van der Waals surface area (Å²) in [4.78, 5) is 0. The molecule has 2 aliphatic heterocycles. The fraction of sp³-hybridized carbons (Fsp3) is 1.00. The third-order valence-corrected chi connectivity index (χ3v) is 3.28. The summed E-state index contributed by atoms with van der Waals surface area (Å²) < 4.78 is 0. The second-order valence-electron chi connectivity index (χ2n) is 4.50. The molecule has 1 aliphatic carbocycles. The molecule has 0 aromatic rings. The molecule has 0 aromatic heterocycles. The quantitative estimate of drug-likeness (QED) is 0.205. The highest BCUT2D eigenvalue weighted by Crippen LogP contribution is 2.25. The smallest absolute Gasteiger partial charge is 0.0765 e. The van der Waals surface area contributed by atoms with Gasteiger partial charge in [-0.05, 0) is 12.8 Å². The van der Waals surface area contributed by atoms with Gasteiger partial charge in [0.05, 0.1) is 6.04 Å². The first-order chi connectivity index (χ1) is 7.63. The molecule has 2 saturated heterocycles. The lowest BCUT2D eigenvalue weighted by atomic mass is 9.83. The number of nitrogens with one attached hydrogen (secondary N) is 4. The van der Waals surface area contributed by atoms with Crippen LogP contribution in [0.25, 0.3) is 0 Å². The lowest BCUT2D eigenvalue weighted by Gasteiger charge is -2.55. The van der Waals surface area contributed by atoms with Crippen molar-refractivity contribution in [2.24, 2.45) is 17.4 Å². The number of rotatable bonds is 0. The minimum atomic E-state index is 0.145. The molecule has 1 saturated carbocycles. The van der Waals surface area contributed by atoms with Crippen molar-refractivity contribution in [1.82, 2.24) is 37.5 Å². The van der Waals surface area contributed by atoms with Gasteiger partial charge in [-0.25, -0.2) is 22.5 Å². The zero-order valence-electron chi connectivity index (χ0n) is 8.80. The van der Waals surface area contributed by atoms with Gasteiger partial charge < -0.3 is 5.73 Å². The Hall–Kier alpha value is -0.400. The van der Waals surface area contributed by atoms with E-state index in [9.17, 15) is 0 Å². The Balaban J connectivity index is 1.83. The van der Waals surface area contributed by atoms with E-state index in [1.54, 1.807) is 5.12 Å². The Morgan fingerprint density at radius 1 is 0.938 bits per heavy atom. The Bertz CT molecular complexity index is 211. The standard InChI is InChI=1S/C6H18N10/c7-3-1-4-6-5(2-3)11-16(9)13-14(6)12-15(8)10-4/h3-6,10-13H,1-2,7-9H2. The van der Waals surface area contributed by atoms with E-state index in [0.29, 0.717) is 0 Å². The fourth-order valence-corrected chi connectivity index (χ4v) is 2.73. The van der Waals surface area contributed by atoms with E-state index in [4.69, 9.17) is 17.4 Å². The predicted octanol–water partition coefficient (Wildman–Crippen LogP) is -4.26. The maximum absolute atomic E-state index is 6.01. The van der Waals surface area contributed by atoms with Crippen molar-refractivity contribution in [2.45, 2.75) is 37.0 Å². The summed E-state index contributed by atoms with van der Waals surface area (Å²) in [5.74, 6) is 11.4. The maximum atomic E-state index is 6.01. The highest BCUT2D eigenvalue weighted by atomic mass is 16.1. The zero-order valence-corrected chi connectivity index (χ0v) is 8.80. The Kier molecular flexibility index (Phi) is 2.56. The second kappa shape index (κ2) is 3.82. The van der Waals surface area contributed by atoms with Crippen LogP contribution in [0, 0.1) is 0 Å². The molecular weight excluding hydrogens is 212 g/mol. The van der Waals surface area contributed by atoms with E-state index in [1.807, 2.05) is 0 Å². The monoisotopic (exact) mass is 230 g/mol. The second-order valence-corrected chi connectivity index (χ2v) is 4.50. The lowest BCUT2D eigenvalue weighted by Crippen LogP contribution is -2.87. The average Bonchev–Trinajstić information content (AvgIpc) is 2.14. The van der Waals surface area contributed by atoms with Crippen molar-refractivity contribution in [3.05, 3.63) is 0 Å². The van der Waals surface area contributed by atoms with Crippen LogP contribution in [0.4, 0.5) is 0 Å². The van der Waals surface area contributed by atoms with Crippen LogP contribution in [0.15, 0.2) is 0 Å². The largest absolute Gasteiger partial charge is 0.328 e. The van der Waals surface area contributed by atoms with E-state index in [0.717, 1.165) is 12.8 Å². The van der Waals surface area contributed by atoms with E-state index < -0.39 is 0 Å². The molecule has 10 heteroatoms. The Morgan fingerprint density at radius 2 is 1.44 bits per heavy atom. The van der Waals surface area contributed by atoms with Gasteiger partial charge in [0.1, 0.15) is 0 Å². The molecule has 0 radical (unpaired) electrons. The Labute approximate surface area is 92.8 Å². The summed E-state index contributed by atoms with van der Waals surface area (Å²) >= 11 is 0. The predicted molar refractivity (Wildman–Crippen MR) is 55.0 cm³/mol. The highest BCUT2D eigenvalue weighted by molar-refractivity contribution is 5.00. The van der Waals surface area contributed by atoms with E-state index in [2.05, 4.69) is 21.9 Å². The minimum absolute atomic E-state index is 0.145. The van der Waals surface area contributed by atoms with E-state index in [-0.39, 0.29) is 24.2 Å². The number of hydrazine groups is 8. The summed E-state index contributed by atoms with van der Waals surface area (Å²) in [6.07, 6.45) is 1.75.